The van der Waals surface area contributed by atoms with E-state index in [1.807, 2.05) is 39.5 Å². The van der Waals surface area contributed by atoms with Crippen LogP contribution in [-0.2, 0) is 4.74 Å². The Labute approximate surface area is 116 Å². The molecule has 1 aliphatic heterocycles. The summed E-state index contributed by atoms with van der Waals surface area (Å²) in [5.74, 6) is 0. The van der Waals surface area contributed by atoms with Crippen molar-refractivity contribution in [3.63, 3.8) is 0 Å². The van der Waals surface area contributed by atoms with Gasteiger partial charge in [-0.2, -0.15) is 5.26 Å². The molecule has 0 aliphatic carbocycles. The van der Waals surface area contributed by atoms with E-state index >= 15 is 0 Å². The number of piperidine rings is 1. The van der Waals surface area contributed by atoms with E-state index in [9.17, 15) is 4.79 Å². The SMILES string of the molecule is CC(C)N(C(=O)OC(C)(C)C)C1CCN(C#N)CC1. The number of carbonyl (C=O) groups excluding carboxylic acids is 1. The summed E-state index contributed by atoms with van der Waals surface area (Å²) in [4.78, 5) is 15.8. The van der Waals surface area contributed by atoms with Gasteiger partial charge in [0.2, 0.25) is 0 Å². The lowest BCUT2D eigenvalue weighted by molar-refractivity contribution is 0.00204. The molecule has 1 saturated heterocycles. The average Bonchev–Trinajstić information content (AvgIpc) is 2.27. The zero-order chi connectivity index (χ0) is 14.6. The summed E-state index contributed by atoms with van der Waals surface area (Å²) in [6.45, 7) is 11.1. The van der Waals surface area contributed by atoms with Gasteiger partial charge in [-0.25, -0.2) is 4.79 Å². The molecule has 1 rings (SSSR count). The Kier molecular flexibility index (Phi) is 5.04. The molecule has 5 nitrogen and oxygen atoms in total. The van der Waals surface area contributed by atoms with Gasteiger partial charge in [0, 0.05) is 25.2 Å². The molecule has 0 unspecified atom stereocenters. The van der Waals surface area contributed by atoms with Crippen molar-refractivity contribution in [1.29, 1.82) is 5.26 Å². The monoisotopic (exact) mass is 267 g/mol. The fraction of sp³-hybridized carbons (Fsp3) is 0.857. The highest BCUT2D eigenvalue weighted by molar-refractivity contribution is 5.69. The lowest BCUT2D eigenvalue weighted by Crippen LogP contribution is -2.51. The number of rotatable bonds is 2. The molecule has 0 aromatic rings. The fourth-order valence-electron chi connectivity index (χ4n) is 2.34. The molecule has 1 heterocycles. The quantitative estimate of drug-likeness (QED) is 0.722. The first-order valence-corrected chi connectivity index (χ1v) is 6.90. The topological polar surface area (TPSA) is 56.6 Å². The van der Waals surface area contributed by atoms with Gasteiger partial charge in [0.1, 0.15) is 5.60 Å². The van der Waals surface area contributed by atoms with Crippen molar-refractivity contribution in [2.45, 2.75) is 65.1 Å². The molecule has 0 saturated carbocycles. The summed E-state index contributed by atoms with van der Waals surface area (Å²) in [7, 11) is 0. The maximum atomic E-state index is 12.3. The normalized spacial score (nSPS) is 17.2. The molecule has 0 N–H and O–H groups in total. The number of nitriles is 1. The molecule has 1 aliphatic rings. The Bertz CT molecular complexity index is 347. The van der Waals surface area contributed by atoms with Gasteiger partial charge in [0.05, 0.1) is 0 Å². The minimum absolute atomic E-state index is 0.105. The van der Waals surface area contributed by atoms with Crippen molar-refractivity contribution in [2.75, 3.05) is 13.1 Å². The first-order valence-electron chi connectivity index (χ1n) is 6.90. The van der Waals surface area contributed by atoms with Crippen LogP contribution in [0.5, 0.6) is 0 Å². The lowest BCUT2D eigenvalue weighted by Gasteiger charge is -2.39. The Morgan fingerprint density at radius 3 is 2.26 bits per heavy atom. The Hall–Kier alpha value is -1.44. The standard InChI is InChI=1S/C14H25N3O2/c1-11(2)17(13(18)19-14(3,4)5)12-6-8-16(10-15)9-7-12/h11-12H,6-9H2,1-5H3. The summed E-state index contributed by atoms with van der Waals surface area (Å²) in [5.41, 5.74) is -0.475. The van der Waals surface area contributed by atoms with Gasteiger partial charge in [0.25, 0.3) is 0 Å². The minimum atomic E-state index is -0.475. The van der Waals surface area contributed by atoms with Crippen molar-refractivity contribution in [3.05, 3.63) is 0 Å². The van der Waals surface area contributed by atoms with E-state index in [1.54, 1.807) is 4.90 Å². The van der Waals surface area contributed by atoms with Crippen molar-refractivity contribution >= 4 is 6.09 Å². The number of carbonyl (C=O) groups is 1. The molecule has 0 radical (unpaired) electrons. The second-order valence-corrected chi connectivity index (χ2v) is 6.30. The highest BCUT2D eigenvalue weighted by Gasteiger charge is 2.32. The molecule has 0 aromatic heterocycles. The van der Waals surface area contributed by atoms with Crippen LogP contribution >= 0.6 is 0 Å². The van der Waals surface area contributed by atoms with Crippen LogP contribution in [0.15, 0.2) is 0 Å². The smallest absolute Gasteiger partial charge is 0.410 e. The molecule has 5 heteroatoms. The summed E-state index contributed by atoms with van der Waals surface area (Å²) in [5, 5.41) is 8.86. The van der Waals surface area contributed by atoms with Gasteiger partial charge in [-0.15, -0.1) is 0 Å². The van der Waals surface area contributed by atoms with Crippen LogP contribution in [-0.4, -0.2) is 46.7 Å². The number of amides is 1. The summed E-state index contributed by atoms with van der Waals surface area (Å²) in [6.07, 6.45) is 3.56. The maximum Gasteiger partial charge on any atom is 0.410 e. The largest absolute Gasteiger partial charge is 0.444 e. The molecule has 1 fully saturated rings. The second-order valence-electron chi connectivity index (χ2n) is 6.30. The third kappa shape index (κ3) is 4.62. The Balaban J connectivity index is 2.69. The van der Waals surface area contributed by atoms with Crippen molar-refractivity contribution in [2.24, 2.45) is 0 Å². The number of hydrogen-bond acceptors (Lipinski definition) is 4. The van der Waals surface area contributed by atoms with E-state index in [2.05, 4.69) is 6.19 Å². The summed E-state index contributed by atoms with van der Waals surface area (Å²) in [6, 6.07) is 0.271. The van der Waals surface area contributed by atoms with Gasteiger partial charge in [-0.05, 0) is 47.5 Å². The van der Waals surface area contributed by atoms with Crippen LogP contribution in [0.4, 0.5) is 4.79 Å². The summed E-state index contributed by atoms with van der Waals surface area (Å²) < 4.78 is 5.48. The lowest BCUT2D eigenvalue weighted by atomic mass is 10.0. The number of hydrogen-bond donors (Lipinski definition) is 0. The van der Waals surface area contributed by atoms with Gasteiger partial charge in [-0.3, -0.25) is 0 Å². The zero-order valence-electron chi connectivity index (χ0n) is 12.6. The van der Waals surface area contributed by atoms with E-state index < -0.39 is 5.60 Å². The molecular weight excluding hydrogens is 242 g/mol. The molecule has 0 spiro atoms. The zero-order valence-corrected chi connectivity index (χ0v) is 12.6. The predicted octanol–water partition coefficient (Wildman–Crippen LogP) is 2.58. The first kappa shape index (κ1) is 15.6. The molecule has 1 amide bonds. The predicted molar refractivity (Wildman–Crippen MR) is 73.4 cm³/mol. The minimum Gasteiger partial charge on any atom is -0.444 e. The molecule has 19 heavy (non-hydrogen) atoms. The van der Waals surface area contributed by atoms with Gasteiger partial charge >= 0.3 is 6.09 Å². The van der Waals surface area contributed by atoms with Gasteiger partial charge < -0.3 is 14.5 Å². The molecule has 108 valence electrons. The number of ether oxygens (including phenoxy) is 1. The van der Waals surface area contributed by atoms with E-state index in [0.29, 0.717) is 13.1 Å². The maximum absolute atomic E-state index is 12.3. The van der Waals surface area contributed by atoms with Gasteiger partial charge in [-0.1, -0.05) is 0 Å². The highest BCUT2D eigenvalue weighted by Crippen LogP contribution is 2.21. The Morgan fingerprint density at radius 1 is 1.37 bits per heavy atom. The molecule has 0 bridgehead atoms. The third-order valence-electron chi connectivity index (χ3n) is 3.16. The Morgan fingerprint density at radius 2 is 1.89 bits per heavy atom. The van der Waals surface area contributed by atoms with Crippen molar-refractivity contribution < 1.29 is 9.53 Å². The molecule has 0 atom stereocenters. The van der Waals surface area contributed by atoms with Crippen LogP contribution in [0.1, 0.15) is 47.5 Å². The van der Waals surface area contributed by atoms with E-state index in [-0.39, 0.29) is 18.2 Å². The van der Waals surface area contributed by atoms with E-state index in [0.717, 1.165) is 12.8 Å². The number of likely N-dealkylation sites (tertiary alicyclic amines) is 1. The van der Waals surface area contributed by atoms with Crippen LogP contribution in [0.2, 0.25) is 0 Å². The van der Waals surface area contributed by atoms with E-state index in [1.165, 1.54) is 0 Å². The fourth-order valence-corrected chi connectivity index (χ4v) is 2.34. The average molecular weight is 267 g/mol. The molecular formula is C14H25N3O2. The first-order chi connectivity index (χ1) is 8.74. The summed E-state index contributed by atoms with van der Waals surface area (Å²) >= 11 is 0. The van der Waals surface area contributed by atoms with Crippen LogP contribution in [0.3, 0.4) is 0 Å². The third-order valence-corrected chi connectivity index (χ3v) is 3.16. The van der Waals surface area contributed by atoms with Crippen LogP contribution in [0.25, 0.3) is 0 Å². The second kappa shape index (κ2) is 6.14. The van der Waals surface area contributed by atoms with Gasteiger partial charge in [0.15, 0.2) is 6.19 Å². The van der Waals surface area contributed by atoms with Crippen LogP contribution in [0, 0.1) is 11.5 Å². The van der Waals surface area contributed by atoms with Crippen LogP contribution < -0.4 is 0 Å². The number of nitrogens with zero attached hydrogens (tertiary/aromatic N) is 3. The van der Waals surface area contributed by atoms with Crippen molar-refractivity contribution in [1.82, 2.24) is 9.80 Å². The van der Waals surface area contributed by atoms with E-state index in [4.69, 9.17) is 10.00 Å². The highest BCUT2D eigenvalue weighted by atomic mass is 16.6. The van der Waals surface area contributed by atoms with Crippen molar-refractivity contribution in [3.8, 4) is 6.19 Å². The molecule has 0 aromatic carbocycles.